The van der Waals surface area contributed by atoms with E-state index in [0.717, 1.165) is 34.4 Å². The number of carbonyl (C=O) groups excluding carboxylic acids is 1. The molecule has 0 N–H and O–H groups in total. The minimum atomic E-state index is 0.180. The van der Waals surface area contributed by atoms with Crippen LogP contribution in [0.1, 0.15) is 30.3 Å². The topological polar surface area (TPSA) is 38.1 Å². The molecule has 1 aromatic heterocycles. The first-order valence-electron chi connectivity index (χ1n) is 7.20. The number of amides is 1. The number of nitrogens with zero attached hydrogens (tertiary/aromatic N) is 3. The Bertz CT molecular complexity index is 693. The van der Waals surface area contributed by atoms with Gasteiger partial charge < -0.3 is 4.90 Å². The Hall–Kier alpha value is -1.62. The molecule has 21 heavy (non-hydrogen) atoms. The SMILES string of the molecule is CCc1nn(C)c(CN2C(=O)CCc3ccccc32)c1Br. The molecule has 0 fully saturated rings. The van der Waals surface area contributed by atoms with Gasteiger partial charge in [-0.05, 0) is 40.4 Å². The predicted molar refractivity (Wildman–Crippen MR) is 86.2 cm³/mol. The third kappa shape index (κ3) is 2.50. The average Bonchev–Trinajstić information content (AvgIpc) is 2.77. The van der Waals surface area contributed by atoms with E-state index >= 15 is 0 Å². The number of aryl methyl sites for hydroxylation is 3. The lowest BCUT2D eigenvalue weighted by molar-refractivity contribution is -0.119. The third-order valence-corrected chi connectivity index (χ3v) is 4.92. The number of anilines is 1. The van der Waals surface area contributed by atoms with Crippen molar-refractivity contribution in [3.05, 3.63) is 45.7 Å². The zero-order valence-corrected chi connectivity index (χ0v) is 13.9. The Morgan fingerprint density at radius 2 is 2.05 bits per heavy atom. The van der Waals surface area contributed by atoms with E-state index in [-0.39, 0.29) is 5.91 Å². The van der Waals surface area contributed by atoms with Gasteiger partial charge in [-0.25, -0.2) is 0 Å². The fourth-order valence-electron chi connectivity index (χ4n) is 2.81. The number of fused-ring (bicyclic) bond motifs is 1. The molecule has 0 aliphatic carbocycles. The van der Waals surface area contributed by atoms with Gasteiger partial charge in [0.2, 0.25) is 5.91 Å². The monoisotopic (exact) mass is 347 g/mol. The van der Waals surface area contributed by atoms with Crippen LogP contribution >= 0.6 is 15.9 Å². The van der Waals surface area contributed by atoms with Crippen molar-refractivity contribution in [2.45, 2.75) is 32.7 Å². The fourth-order valence-corrected chi connectivity index (χ4v) is 3.55. The van der Waals surface area contributed by atoms with Crippen LogP contribution in [0.4, 0.5) is 5.69 Å². The van der Waals surface area contributed by atoms with E-state index in [9.17, 15) is 4.79 Å². The molecule has 0 bridgehead atoms. The van der Waals surface area contributed by atoms with Gasteiger partial charge in [-0.15, -0.1) is 0 Å². The summed E-state index contributed by atoms with van der Waals surface area (Å²) in [6.07, 6.45) is 2.28. The molecule has 1 aliphatic heterocycles. The minimum absolute atomic E-state index is 0.180. The molecule has 1 amide bonds. The predicted octanol–water partition coefficient (Wildman–Crippen LogP) is 3.22. The molecule has 1 aliphatic rings. The van der Waals surface area contributed by atoms with E-state index in [4.69, 9.17) is 0 Å². The number of rotatable bonds is 3. The number of hydrogen-bond donors (Lipinski definition) is 0. The highest BCUT2D eigenvalue weighted by atomic mass is 79.9. The first kappa shape index (κ1) is 14.3. The van der Waals surface area contributed by atoms with Crippen LogP contribution in [0, 0.1) is 0 Å². The Morgan fingerprint density at radius 1 is 1.29 bits per heavy atom. The van der Waals surface area contributed by atoms with Crippen molar-refractivity contribution < 1.29 is 4.79 Å². The summed E-state index contributed by atoms with van der Waals surface area (Å²) in [5.74, 6) is 0.180. The van der Waals surface area contributed by atoms with Gasteiger partial charge in [0, 0.05) is 19.2 Å². The summed E-state index contributed by atoms with van der Waals surface area (Å²) in [6, 6.07) is 8.14. The summed E-state index contributed by atoms with van der Waals surface area (Å²) in [6.45, 7) is 2.64. The van der Waals surface area contributed by atoms with Crippen LogP contribution in [0.15, 0.2) is 28.7 Å². The highest BCUT2D eigenvalue weighted by Gasteiger charge is 2.26. The summed E-state index contributed by atoms with van der Waals surface area (Å²) < 4.78 is 2.89. The number of hydrogen-bond acceptors (Lipinski definition) is 2. The molecule has 3 rings (SSSR count). The van der Waals surface area contributed by atoms with Gasteiger partial charge in [0.15, 0.2) is 0 Å². The van der Waals surface area contributed by atoms with Gasteiger partial charge >= 0.3 is 0 Å². The molecule has 5 heteroatoms. The highest BCUT2D eigenvalue weighted by Crippen LogP contribution is 2.31. The second kappa shape index (κ2) is 5.64. The summed E-state index contributed by atoms with van der Waals surface area (Å²) in [5, 5.41) is 4.51. The number of halogens is 1. The van der Waals surface area contributed by atoms with E-state index in [0.29, 0.717) is 13.0 Å². The van der Waals surface area contributed by atoms with Gasteiger partial charge in [-0.2, -0.15) is 5.10 Å². The van der Waals surface area contributed by atoms with Gasteiger partial charge in [0.1, 0.15) is 0 Å². The Balaban J connectivity index is 1.98. The van der Waals surface area contributed by atoms with Crippen LogP contribution in [-0.4, -0.2) is 15.7 Å². The summed E-state index contributed by atoms with van der Waals surface area (Å²) >= 11 is 3.63. The first-order valence-corrected chi connectivity index (χ1v) is 7.99. The Morgan fingerprint density at radius 3 is 2.76 bits per heavy atom. The number of para-hydroxylation sites is 1. The van der Waals surface area contributed by atoms with Gasteiger partial charge in [0.05, 0.1) is 22.4 Å². The lowest BCUT2D eigenvalue weighted by Crippen LogP contribution is -2.35. The molecule has 0 radical (unpaired) electrons. The molecule has 0 unspecified atom stereocenters. The molecule has 2 heterocycles. The normalized spacial score (nSPS) is 14.4. The van der Waals surface area contributed by atoms with Crippen molar-refractivity contribution in [1.29, 1.82) is 0 Å². The average molecular weight is 348 g/mol. The molecule has 110 valence electrons. The van der Waals surface area contributed by atoms with Crippen molar-refractivity contribution >= 4 is 27.5 Å². The standard InChI is InChI=1S/C16H18BrN3O/c1-3-12-16(17)14(19(2)18-12)10-20-13-7-5-4-6-11(13)8-9-15(20)21/h4-7H,3,8-10H2,1-2H3. The molecule has 0 spiro atoms. The number of carbonyl (C=O) groups is 1. The van der Waals surface area contributed by atoms with Crippen LogP contribution in [0.5, 0.6) is 0 Å². The van der Waals surface area contributed by atoms with E-state index < -0.39 is 0 Å². The lowest BCUT2D eigenvalue weighted by atomic mass is 10.0. The first-order chi connectivity index (χ1) is 10.1. The minimum Gasteiger partial charge on any atom is -0.306 e. The van der Waals surface area contributed by atoms with Crippen LogP contribution in [-0.2, 0) is 31.2 Å². The third-order valence-electron chi connectivity index (χ3n) is 4.00. The van der Waals surface area contributed by atoms with Crippen molar-refractivity contribution in [2.24, 2.45) is 7.05 Å². The summed E-state index contributed by atoms with van der Waals surface area (Å²) in [7, 11) is 1.93. The lowest BCUT2D eigenvalue weighted by Gasteiger charge is -2.29. The Labute approximate surface area is 132 Å². The molecular weight excluding hydrogens is 330 g/mol. The van der Waals surface area contributed by atoms with Crippen LogP contribution < -0.4 is 4.90 Å². The second-order valence-electron chi connectivity index (χ2n) is 5.29. The summed E-state index contributed by atoms with van der Waals surface area (Å²) in [5.41, 5.74) is 4.34. The number of aromatic nitrogens is 2. The molecule has 0 saturated heterocycles. The largest absolute Gasteiger partial charge is 0.306 e. The second-order valence-corrected chi connectivity index (χ2v) is 6.09. The van der Waals surface area contributed by atoms with Gasteiger partial charge in [0.25, 0.3) is 0 Å². The van der Waals surface area contributed by atoms with E-state index in [2.05, 4.69) is 34.0 Å². The van der Waals surface area contributed by atoms with Crippen molar-refractivity contribution in [1.82, 2.24) is 9.78 Å². The maximum absolute atomic E-state index is 12.3. The maximum atomic E-state index is 12.3. The highest BCUT2D eigenvalue weighted by molar-refractivity contribution is 9.10. The van der Waals surface area contributed by atoms with E-state index in [1.807, 2.05) is 34.8 Å². The van der Waals surface area contributed by atoms with E-state index in [1.54, 1.807) is 0 Å². The van der Waals surface area contributed by atoms with Gasteiger partial charge in [-0.3, -0.25) is 9.48 Å². The maximum Gasteiger partial charge on any atom is 0.227 e. The molecule has 1 aromatic carbocycles. The summed E-state index contributed by atoms with van der Waals surface area (Å²) in [4.78, 5) is 14.2. The van der Waals surface area contributed by atoms with Crippen LogP contribution in [0.2, 0.25) is 0 Å². The van der Waals surface area contributed by atoms with Crippen molar-refractivity contribution in [3.8, 4) is 0 Å². The van der Waals surface area contributed by atoms with Crippen molar-refractivity contribution in [3.63, 3.8) is 0 Å². The zero-order valence-electron chi connectivity index (χ0n) is 12.3. The van der Waals surface area contributed by atoms with E-state index in [1.165, 1.54) is 5.56 Å². The quantitative estimate of drug-likeness (QED) is 0.854. The Kier molecular flexibility index (Phi) is 3.85. The smallest absolute Gasteiger partial charge is 0.227 e. The number of benzene rings is 1. The molecule has 2 aromatic rings. The van der Waals surface area contributed by atoms with Gasteiger partial charge in [-0.1, -0.05) is 25.1 Å². The molecule has 0 atom stereocenters. The zero-order chi connectivity index (χ0) is 15.0. The molecule has 4 nitrogen and oxygen atoms in total. The van der Waals surface area contributed by atoms with Crippen molar-refractivity contribution in [2.75, 3.05) is 4.90 Å². The molecular formula is C16H18BrN3O. The van der Waals surface area contributed by atoms with Crippen LogP contribution in [0.25, 0.3) is 0 Å². The van der Waals surface area contributed by atoms with Crippen LogP contribution in [0.3, 0.4) is 0 Å². The fraction of sp³-hybridized carbons (Fsp3) is 0.375. The molecule has 0 saturated carbocycles.